The minimum Gasteiger partial charge on any atom is -0.339 e. The highest BCUT2D eigenvalue weighted by atomic mass is 32.2. The predicted molar refractivity (Wildman–Crippen MR) is 155 cm³/mol. The zero-order chi connectivity index (χ0) is 25.2. The lowest BCUT2D eigenvalue weighted by Crippen LogP contribution is -2.13. The summed E-state index contributed by atoms with van der Waals surface area (Å²) in [4.78, 5) is 22.4. The van der Waals surface area contributed by atoms with Crippen molar-refractivity contribution in [3.63, 3.8) is 0 Å². The Balaban J connectivity index is 1.52. The number of amides is 1. The summed E-state index contributed by atoms with van der Waals surface area (Å²) in [6, 6.07) is 35.7. The molecule has 0 aliphatic carbocycles. The SMILES string of the molecule is CN(C=O)c1ccc(-c2cnc3[nH]c4ccc(CSc5ccccc5)cc4c3c2-c2ccccc2)cc1. The summed E-state index contributed by atoms with van der Waals surface area (Å²) in [6.07, 6.45) is 2.77. The van der Waals surface area contributed by atoms with Crippen LogP contribution in [-0.4, -0.2) is 23.4 Å². The van der Waals surface area contributed by atoms with Gasteiger partial charge in [-0.3, -0.25) is 4.79 Å². The van der Waals surface area contributed by atoms with Gasteiger partial charge in [-0.1, -0.05) is 66.7 Å². The Morgan fingerprint density at radius 1 is 0.865 bits per heavy atom. The van der Waals surface area contributed by atoms with Crippen molar-refractivity contribution in [1.82, 2.24) is 9.97 Å². The Labute approximate surface area is 220 Å². The van der Waals surface area contributed by atoms with Crippen LogP contribution in [-0.2, 0) is 10.5 Å². The molecule has 2 heterocycles. The highest BCUT2D eigenvalue weighted by Crippen LogP contribution is 2.41. The Morgan fingerprint density at radius 2 is 1.59 bits per heavy atom. The molecule has 0 radical (unpaired) electrons. The van der Waals surface area contributed by atoms with Gasteiger partial charge in [0.2, 0.25) is 6.41 Å². The molecule has 0 aliphatic rings. The maximum atomic E-state index is 11.2. The first-order chi connectivity index (χ1) is 18.2. The monoisotopic (exact) mass is 499 g/mol. The van der Waals surface area contributed by atoms with Crippen LogP contribution in [0.1, 0.15) is 5.56 Å². The number of benzene rings is 4. The highest BCUT2D eigenvalue weighted by molar-refractivity contribution is 7.98. The number of carbonyl (C=O) groups is 1. The van der Waals surface area contributed by atoms with E-state index in [1.807, 2.05) is 42.2 Å². The standard InChI is InChI=1S/C32H25N3OS/c1-35(21-36)25-15-13-23(14-16-25)28-19-33-32-31(30(28)24-8-4-2-5-9-24)27-18-22(12-17-29(27)34-32)20-37-26-10-6-3-7-11-26/h2-19,21H,20H2,1H3,(H,33,34). The molecular formula is C32H25N3OS. The summed E-state index contributed by atoms with van der Waals surface area (Å²) in [5.74, 6) is 0.895. The number of aromatic amines is 1. The molecule has 0 aliphatic heterocycles. The van der Waals surface area contributed by atoms with Gasteiger partial charge in [0.25, 0.3) is 0 Å². The number of carbonyl (C=O) groups excluding carboxylic acids is 1. The van der Waals surface area contributed by atoms with Crippen LogP contribution in [0.15, 0.2) is 114 Å². The quantitative estimate of drug-likeness (QED) is 0.179. The average molecular weight is 500 g/mol. The van der Waals surface area contributed by atoms with Crippen LogP contribution in [0.5, 0.6) is 0 Å². The van der Waals surface area contributed by atoms with Crippen molar-refractivity contribution in [2.75, 3.05) is 11.9 Å². The summed E-state index contributed by atoms with van der Waals surface area (Å²) in [5, 5.41) is 2.30. The molecule has 0 unspecified atom stereocenters. The van der Waals surface area contributed by atoms with Crippen LogP contribution < -0.4 is 4.90 Å². The number of hydrogen-bond acceptors (Lipinski definition) is 3. The molecule has 0 saturated heterocycles. The van der Waals surface area contributed by atoms with Crippen molar-refractivity contribution in [2.45, 2.75) is 10.6 Å². The normalized spacial score (nSPS) is 11.2. The van der Waals surface area contributed by atoms with Crippen LogP contribution in [0, 0.1) is 0 Å². The molecular weight excluding hydrogens is 474 g/mol. The number of pyridine rings is 1. The van der Waals surface area contributed by atoms with Crippen LogP contribution in [0.2, 0.25) is 0 Å². The molecule has 0 atom stereocenters. The zero-order valence-corrected chi connectivity index (χ0v) is 21.2. The van der Waals surface area contributed by atoms with Crippen molar-refractivity contribution in [2.24, 2.45) is 0 Å². The third kappa shape index (κ3) is 4.50. The van der Waals surface area contributed by atoms with E-state index in [9.17, 15) is 4.79 Å². The summed E-state index contributed by atoms with van der Waals surface area (Å²) in [7, 11) is 1.75. The van der Waals surface area contributed by atoms with Gasteiger partial charge in [0.1, 0.15) is 5.65 Å². The molecule has 6 aromatic rings. The first kappa shape index (κ1) is 23.1. The Hall–Kier alpha value is -4.35. The van der Waals surface area contributed by atoms with Gasteiger partial charge in [0.05, 0.1) is 0 Å². The van der Waals surface area contributed by atoms with E-state index in [-0.39, 0.29) is 0 Å². The minimum atomic E-state index is 0.817. The molecule has 1 N–H and O–H groups in total. The zero-order valence-electron chi connectivity index (χ0n) is 20.4. The lowest BCUT2D eigenvalue weighted by atomic mass is 9.92. The molecule has 4 nitrogen and oxygen atoms in total. The number of hydrogen-bond donors (Lipinski definition) is 1. The van der Waals surface area contributed by atoms with Crippen molar-refractivity contribution < 1.29 is 4.79 Å². The van der Waals surface area contributed by atoms with E-state index < -0.39 is 0 Å². The minimum absolute atomic E-state index is 0.817. The lowest BCUT2D eigenvalue weighted by Gasteiger charge is -2.14. The first-order valence-electron chi connectivity index (χ1n) is 12.2. The number of fused-ring (bicyclic) bond motifs is 3. The molecule has 180 valence electrons. The van der Waals surface area contributed by atoms with E-state index in [0.29, 0.717) is 0 Å². The second-order valence-electron chi connectivity index (χ2n) is 9.01. The fourth-order valence-electron chi connectivity index (χ4n) is 4.74. The number of aromatic nitrogens is 2. The van der Waals surface area contributed by atoms with Crippen LogP contribution in [0.3, 0.4) is 0 Å². The smallest absolute Gasteiger partial charge is 0.213 e. The van der Waals surface area contributed by atoms with E-state index in [2.05, 4.69) is 83.8 Å². The molecule has 2 aromatic heterocycles. The largest absolute Gasteiger partial charge is 0.339 e. The van der Waals surface area contributed by atoms with Gasteiger partial charge < -0.3 is 9.88 Å². The van der Waals surface area contributed by atoms with Gasteiger partial charge >= 0.3 is 0 Å². The van der Waals surface area contributed by atoms with Gasteiger partial charge in [0, 0.05) is 57.0 Å². The molecule has 0 bridgehead atoms. The van der Waals surface area contributed by atoms with E-state index in [1.54, 1.807) is 11.9 Å². The molecule has 0 spiro atoms. The molecule has 37 heavy (non-hydrogen) atoms. The van der Waals surface area contributed by atoms with Crippen molar-refractivity contribution >= 4 is 45.8 Å². The maximum absolute atomic E-state index is 11.2. The molecule has 5 heteroatoms. The Kier molecular flexibility index (Phi) is 6.21. The van der Waals surface area contributed by atoms with Crippen molar-refractivity contribution in [1.29, 1.82) is 0 Å². The third-order valence-electron chi connectivity index (χ3n) is 6.64. The topological polar surface area (TPSA) is 49.0 Å². The number of rotatable bonds is 7. The summed E-state index contributed by atoms with van der Waals surface area (Å²) in [6.45, 7) is 0. The fourth-order valence-corrected chi connectivity index (χ4v) is 5.60. The van der Waals surface area contributed by atoms with Crippen molar-refractivity contribution in [3.8, 4) is 22.3 Å². The van der Waals surface area contributed by atoms with Gasteiger partial charge in [-0.2, -0.15) is 0 Å². The highest BCUT2D eigenvalue weighted by Gasteiger charge is 2.17. The van der Waals surface area contributed by atoms with Crippen LogP contribution >= 0.6 is 11.8 Å². The second kappa shape index (κ2) is 9.96. The summed E-state index contributed by atoms with van der Waals surface area (Å²) < 4.78 is 0. The van der Waals surface area contributed by atoms with E-state index in [1.165, 1.54) is 15.8 Å². The van der Waals surface area contributed by atoms with Crippen LogP contribution in [0.25, 0.3) is 44.2 Å². The van der Waals surface area contributed by atoms with Crippen LogP contribution in [0.4, 0.5) is 5.69 Å². The number of thioether (sulfide) groups is 1. The van der Waals surface area contributed by atoms with Gasteiger partial charge in [-0.15, -0.1) is 11.8 Å². The molecule has 1 amide bonds. The molecule has 0 fully saturated rings. The van der Waals surface area contributed by atoms with E-state index >= 15 is 0 Å². The third-order valence-corrected chi connectivity index (χ3v) is 7.72. The Morgan fingerprint density at radius 3 is 2.32 bits per heavy atom. The number of nitrogens with one attached hydrogen (secondary N) is 1. The van der Waals surface area contributed by atoms with Gasteiger partial charge in [0.15, 0.2) is 0 Å². The van der Waals surface area contributed by atoms with E-state index in [0.717, 1.165) is 56.7 Å². The van der Waals surface area contributed by atoms with Crippen molar-refractivity contribution in [3.05, 3.63) is 115 Å². The lowest BCUT2D eigenvalue weighted by molar-refractivity contribution is -0.107. The second-order valence-corrected chi connectivity index (χ2v) is 10.1. The van der Waals surface area contributed by atoms with Gasteiger partial charge in [-0.05, 0) is 53.1 Å². The number of H-pyrrole nitrogens is 1. The molecule has 4 aromatic carbocycles. The maximum Gasteiger partial charge on any atom is 0.213 e. The molecule has 6 rings (SSSR count). The van der Waals surface area contributed by atoms with E-state index in [4.69, 9.17) is 4.98 Å². The predicted octanol–water partition coefficient (Wildman–Crippen LogP) is 7.94. The Bertz CT molecular complexity index is 1690. The summed E-state index contributed by atoms with van der Waals surface area (Å²) >= 11 is 1.84. The first-order valence-corrected chi connectivity index (χ1v) is 13.1. The molecule has 0 saturated carbocycles. The van der Waals surface area contributed by atoms with Gasteiger partial charge in [-0.25, -0.2) is 4.98 Å². The number of anilines is 1. The number of nitrogens with zero attached hydrogens (tertiary/aromatic N) is 2. The fraction of sp³-hybridized carbons (Fsp3) is 0.0625. The average Bonchev–Trinajstić information content (AvgIpc) is 3.34. The summed E-state index contributed by atoms with van der Waals surface area (Å²) in [5.41, 5.74) is 8.49.